The van der Waals surface area contributed by atoms with Crippen molar-refractivity contribution in [1.29, 1.82) is 5.41 Å². The van der Waals surface area contributed by atoms with Gasteiger partial charge in [-0.2, -0.15) is 0 Å². The maximum Gasteiger partial charge on any atom is 0.257 e. The van der Waals surface area contributed by atoms with E-state index in [0.29, 0.717) is 37.6 Å². The molecular weight excluding hydrogens is 512 g/mol. The molecule has 10 nitrogen and oxygen atoms in total. The van der Waals surface area contributed by atoms with Crippen LogP contribution in [0.15, 0.2) is 42.6 Å². The SMILES string of the molecule is CCN/C=C\C(=N)NC(=O)c1cc(Oc2ccc3c(c2Cl)OCCN(C)C3=O)cc(OC2(COC)CC2)c1. The van der Waals surface area contributed by atoms with E-state index in [9.17, 15) is 9.59 Å². The van der Waals surface area contributed by atoms with Crippen molar-refractivity contribution in [1.82, 2.24) is 15.5 Å². The van der Waals surface area contributed by atoms with Gasteiger partial charge >= 0.3 is 0 Å². The normalized spacial score (nSPS) is 15.8. The molecule has 202 valence electrons. The fourth-order valence-corrected chi connectivity index (χ4v) is 4.15. The molecule has 2 aromatic carbocycles. The predicted octanol–water partition coefficient (Wildman–Crippen LogP) is 3.98. The summed E-state index contributed by atoms with van der Waals surface area (Å²) in [5, 5.41) is 13.6. The van der Waals surface area contributed by atoms with E-state index in [4.69, 9.17) is 36.0 Å². The molecule has 0 aromatic heterocycles. The highest BCUT2D eigenvalue weighted by Gasteiger charge is 2.45. The van der Waals surface area contributed by atoms with Gasteiger partial charge in [0, 0.05) is 38.5 Å². The Morgan fingerprint density at radius 3 is 2.74 bits per heavy atom. The average molecular weight is 543 g/mol. The second kappa shape index (κ2) is 11.7. The van der Waals surface area contributed by atoms with Crippen molar-refractivity contribution in [2.24, 2.45) is 0 Å². The molecule has 1 saturated carbocycles. The first-order valence-electron chi connectivity index (χ1n) is 12.3. The first kappa shape index (κ1) is 27.3. The Bertz CT molecular complexity index is 1260. The van der Waals surface area contributed by atoms with E-state index in [1.54, 1.807) is 49.5 Å². The Labute approximate surface area is 226 Å². The lowest BCUT2D eigenvalue weighted by Gasteiger charge is -2.19. The molecule has 0 spiro atoms. The topological polar surface area (TPSA) is 122 Å². The zero-order valence-electron chi connectivity index (χ0n) is 21.6. The van der Waals surface area contributed by atoms with Crippen LogP contribution in [0.2, 0.25) is 5.02 Å². The van der Waals surface area contributed by atoms with Crippen LogP contribution < -0.4 is 24.8 Å². The van der Waals surface area contributed by atoms with Gasteiger partial charge in [0.2, 0.25) is 0 Å². The summed E-state index contributed by atoms with van der Waals surface area (Å²) >= 11 is 6.60. The Hall–Kier alpha value is -3.76. The van der Waals surface area contributed by atoms with Crippen LogP contribution in [0.25, 0.3) is 0 Å². The van der Waals surface area contributed by atoms with Crippen molar-refractivity contribution in [3.8, 4) is 23.0 Å². The van der Waals surface area contributed by atoms with Crippen LogP contribution in [0.3, 0.4) is 0 Å². The van der Waals surface area contributed by atoms with Gasteiger partial charge in [-0.3, -0.25) is 15.0 Å². The molecule has 1 aliphatic heterocycles. The van der Waals surface area contributed by atoms with Crippen LogP contribution in [0.4, 0.5) is 0 Å². The van der Waals surface area contributed by atoms with Crippen LogP contribution >= 0.6 is 11.6 Å². The number of methoxy groups -OCH3 is 1. The quantitative estimate of drug-likeness (QED) is 0.306. The molecule has 3 N–H and O–H groups in total. The van der Waals surface area contributed by atoms with Gasteiger partial charge in [-0.25, -0.2) is 0 Å². The fraction of sp³-hybridized carbons (Fsp3) is 0.370. The number of rotatable bonds is 10. The summed E-state index contributed by atoms with van der Waals surface area (Å²) in [5.74, 6) is 0.424. The lowest BCUT2D eigenvalue weighted by Crippen LogP contribution is -2.29. The Morgan fingerprint density at radius 1 is 1.26 bits per heavy atom. The zero-order chi connectivity index (χ0) is 27.3. The van der Waals surface area contributed by atoms with Crippen molar-refractivity contribution in [2.45, 2.75) is 25.4 Å². The van der Waals surface area contributed by atoms with Crippen LogP contribution in [0, 0.1) is 5.41 Å². The molecule has 0 unspecified atom stereocenters. The molecule has 0 atom stereocenters. The molecular formula is C27H31ClN4O6. The van der Waals surface area contributed by atoms with E-state index >= 15 is 0 Å². The molecule has 2 amide bonds. The van der Waals surface area contributed by atoms with E-state index < -0.39 is 11.5 Å². The van der Waals surface area contributed by atoms with Crippen molar-refractivity contribution in [2.75, 3.05) is 40.5 Å². The van der Waals surface area contributed by atoms with Gasteiger partial charge in [0.25, 0.3) is 11.8 Å². The van der Waals surface area contributed by atoms with E-state index in [0.717, 1.165) is 12.8 Å². The molecule has 0 saturated heterocycles. The summed E-state index contributed by atoms with van der Waals surface area (Å²) in [4.78, 5) is 27.2. The highest BCUT2D eigenvalue weighted by molar-refractivity contribution is 6.34. The van der Waals surface area contributed by atoms with Crippen LogP contribution in [-0.2, 0) is 4.74 Å². The van der Waals surface area contributed by atoms with Crippen LogP contribution in [0.5, 0.6) is 23.0 Å². The average Bonchev–Trinajstić information content (AvgIpc) is 3.66. The largest absolute Gasteiger partial charge is 0.489 e. The third-order valence-corrected chi connectivity index (χ3v) is 6.41. The molecule has 11 heteroatoms. The molecule has 1 heterocycles. The number of amidine groups is 1. The number of halogens is 1. The monoisotopic (exact) mass is 542 g/mol. The maximum atomic E-state index is 13.0. The number of benzene rings is 2. The van der Waals surface area contributed by atoms with Gasteiger partial charge in [-0.1, -0.05) is 11.6 Å². The first-order chi connectivity index (χ1) is 18.2. The minimum atomic E-state index is -0.506. The number of fused-ring (bicyclic) bond motifs is 1. The maximum absolute atomic E-state index is 13.0. The fourth-order valence-electron chi connectivity index (χ4n) is 3.89. The number of hydrogen-bond donors (Lipinski definition) is 3. The Kier molecular flexibility index (Phi) is 8.43. The van der Waals surface area contributed by atoms with Gasteiger partial charge in [0.05, 0.1) is 18.7 Å². The summed E-state index contributed by atoms with van der Waals surface area (Å²) < 4.78 is 23.3. The van der Waals surface area contributed by atoms with Gasteiger partial charge in [0.15, 0.2) is 5.75 Å². The number of ether oxygens (including phenoxy) is 4. The second-order valence-electron chi connectivity index (χ2n) is 9.10. The predicted molar refractivity (Wildman–Crippen MR) is 143 cm³/mol. The molecule has 4 rings (SSSR count). The molecule has 38 heavy (non-hydrogen) atoms. The van der Waals surface area contributed by atoms with E-state index in [-0.39, 0.29) is 39.6 Å². The molecule has 1 fully saturated rings. The summed E-state index contributed by atoms with van der Waals surface area (Å²) in [7, 11) is 3.31. The van der Waals surface area contributed by atoms with E-state index in [1.165, 1.54) is 12.1 Å². The summed E-state index contributed by atoms with van der Waals surface area (Å²) in [5.41, 5.74) is 0.120. The third kappa shape index (κ3) is 6.38. The molecule has 1 aliphatic carbocycles. The van der Waals surface area contributed by atoms with Crippen LogP contribution in [-0.4, -0.2) is 68.6 Å². The number of nitrogens with zero attached hydrogens (tertiary/aromatic N) is 1. The number of hydrogen-bond acceptors (Lipinski definition) is 8. The van der Waals surface area contributed by atoms with Gasteiger partial charge in [-0.05, 0) is 50.1 Å². The van der Waals surface area contributed by atoms with E-state index in [2.05, 4.69) is 10.6 Å². The molecule has 0 radical (unpaired) electrons. The molecule has 2 aliphatic rings. The highest BCUT2D eigenvalue weighted by atomic mass is 35.5. The molecule has 2 aromatic rings. The second-order valence-corrected chi connectivity index (χ2v) is 9.48. The van der Waals surface area contributed by atoms with Crippen LogP contribution in [0.1, 0.15) is 40.5 Å². The van der Waals surface area contributed by atoms with Crippen molar-refractivity contribution < 1.29 is 28.5 Å². The molecule has 0 bridgehead atoms. The van der Waals surface area contributed by atoms with Crippen molar-refractivity contribution in [3.63, 3.8) is 0 Å². The summed E-state index contributed by atoms with van der Waals surface area (Å²) in [6, 6.07) is 7.97. The summed E-state index contributed by atoms with van der Waals surface area (Å²) in [6.45, 7) is 3.76. The zero-order valence-corrected chi connectivity index (χ0v) is 22.3. The standard InChI is InChI=1S/C27H31ClN4O6/c1-4-30-10-7-22(29)31-25(33)17-13-18(15-19(14-17)38-27(8-9-27)16-35-3)37-21-6-5-20-24(23(21)28)36-12-11-32(2)26(20)34/h5-7,10,13-15,30H,4,8-9,11-12,16H2,1-3H3,(H2,29,31,33)/b10-7-. The number of nitrogens with one attached hydrogen (secondary N) is 3. The van der Waals surface area contributed by atoms with Gasteiger partial charge in [0.1, 0.15) is 40.3 Å². The van der Waals surface area contributed by atoms with E-state index in [1.807, 2.05) is 6.92 Å². The third-order valence-electron chi connectivity index (χ3n) is 6.05. The highest BCUT2D eigenvalue weighted by Crippen LogP contribution is 2.43. The Morgan fingerprint density at radius 2 is 2.03 bits per heavy atom. The number of carbonyl (C=O) groups is 2. The van der Waals surface area contributed by atoms with Crippen molar-refractivity contribution >= 4 is 29.3 Å². The van der Waals surface area contributed by atoms with Crippen molar-refractivity contribution in [3.05, 3.63) is 58.8 Å². The first-order valence-corrected chi connectivity index (χ1v) is 12.6. The smallest absolute Gasteiger partial charge is 0.257 e. The van der Waals surface area contributed by atoms with Gasteiger partial charge < -0.3 is 34.5 Å². The number of amides is 2. The minimum Gasteiger partial charge on any atom is -0.489 e. The minimum absolute atomic E-state index is 0.0802. The number of likely N-dealkylation sites (N-methyl/N-ethyl adjacent to an activating group) is 1. The lowest BCUT2D eigenvalue weighted by molar-refractivity contribution is 0.0636. The lowest BCUT2D eigenvalue weighted by atomic mass is 10.1. The Balaban J connectivity index is 1.63. The summed E-state index contributed by atoms with van der Waals surface area (Å²) in [6.07, 6.45) is 4.68. The van der Waals surface area contributed by atoms with Gasteiger partial charge in [-0.15, -0.1) is 0 Å². The number of carbonyl (C=O) groups excluding carboxylic acids is 2.